The zero-order valence-corrected chi connectivity index (χ0v) is 22.5. The van der Waals surface area contributed by atoms with E-state index in [1.807, 2.05) is 49.4 Å². The second-order valence-electron chi connectivity index (χ2n) is 11.6. The second kappa shape index (κ2) is 9.13. The molecular weight excluding hydrogens is 501 g/mol. The van der Waals surface area contributed by atoms with Crippen LogP contribution in [0.3, 0.4) is 0 Å². The molecular formula is C30H34FN3O5. The van der Waals surface area contributed by atoms with Gasteiger partial charge in [0, 0.05) is 61.3 Å². The van der Waals surface area contributed by atoms with Crippen LogP contribution in [0.15, 0.2) is 42.5 Å². The molecule has 2 aromatic rings. The van der Waals surface area contributed by atoms with Crippen LogP contribution in [0.5, 0.6) is 0 Å². The van der Waals surface area contributed by atoms with Crippen molar-refractivity contribution in [2.24, 2.45) is 11.8 Å². The van der Waals surface area contributed by atoms with E-state index in [0.29, 0.717) is 42.9 Å². The number of aliphatic hydroxyl groups is 1. The largest absolute Gasteiger partial charge is 0.396 e. The summed E-state index contributed by atoms with van der Waals surface area (Å²) in [5, 5.41) is 9.75. The average molecular weight is 536 g/mol. The van der Waals surface area contributed by atoms with Crippen molar-refractivity contribution in [2.75, 3.05) is 34.4 Å². The predicted molar refractivity (Wildman–Crippen MR) is 144 cm³/mol. The molecule has 4 aliphatic heterocycles. The molecule has 0 saturated carbocycles. The summed E-state index contributed by atoms with van der Waals surface area (Å²) in [5.41, 5.74) is 0.629. The quantitative estimate of drug-likeness (QED) is 0.547. The van der Waals surface area contributed by atoms with E-state index in [2.05, 4.69) is 0 Å². The Balaban J connectivity index is 1.40. The molecule has 0 aromatic heterocycles. The van der Waals surface area contributed by atoms with Gasteiger partial charge in [-0.2, -0.15) is 0 Å². The van der Waals surface area contributed by atoms with Gasteiger partial charge in [0.05, 0.1) is 18.3 Å². The number of β-lactam (4-membered cyclic amide) rings is 2. The number of hydrogen-bond donors (Lipinski definition) is 1. The smallest absolute Gasteiger partial charge is 0.264 e. The Hall–Kier alpha value is -3.30. The zero-order chi connectivity index (χ0) is 27.7. The summed E-state index contributed by atoms with van der Waals surface area (Å²) in [7, 11) is 0. The number of benzene rings is 2. The number of alkyl halides is 1. The van der Waals surface area contributed by atoms with Crippen molar-refractivity contribution in [3.8, 4) is 0 Å². The monoisotopic (exact) mass is 535 g/mol. The van der Waals surface area contributed by atoms with E-state index in [0.717, 1.165) is 11.3 Å². The van der Waals surface area contributed by atoms with Gasteiger partial charge in [-0.1, -0.05) is 19.1 Å². The molecule has 4 aliphatic rings. The number of nitrogens with zero attached hydrogens (tertiary/aromatic N) is 3. The summed E-state index contributed by atoms with van der Waals surface area (Å²) in [5.74, 6) is -1.29. The molecule has 3 fully saturated rings. The molecule has 1 N–H and O–H groups in total. The average Bonchev–Trinajstić information content (AvgIpc) is 3.30. The van der Waals surface area contributed by atoms with Crippen LogP contribution in [0.1, 0.15) is 51.2 Å². The first-order valence-electron chi connectivity index (χ1n) is 13.7. The SMILES string of the molecule is C[C@H]1[C@H](C(C)(C)F)[C@@H](CCO)O[C@]12C(=O)N(Cc1ccc(N3CCC3=O)cc1)c1ccc(N3CCC3=O)cc12. The van der Waals surface area contributed by atoms with Gasteiger partial charge in [-0.15, -0.1) is 0 Å². The van der Waals surface area contributed by atoms with E-state index in [9.17, 15) is 19.5 Å². The van der Waals surface area contributed by atoms with Gasteiger partial charge in [0.1, 0.15) is 5.67 Å². The van der Waals surface area contributed by atoms with Crippen LogP contribution >= 0.6 is 0 Å². The third-order valence-corrected chi connectivity index (χ3v) is 8.96. The molecule has 0 unspecified atom stereocenters. The predicted octanol–water partition coefficient (Wildman–Crippen LogP) is 3.68. The lowest BCUT2D eigenvalue weighted by Crippen LogP contribution is -2.46. The van der Waals surface area contributed by atoms with Crippen LogP contribution in [0.4, 0.5) is 21.5 Å². The number of anilines is 3. The summed E-state index contributed by atoms with van der Waals surface area (Å²) in [6.45, 7) is 6.26. The van der Waals surface area contributed by atoms with Crippen LogP contribution in [0.25, 0.3) is 0 Å². The molecule has 6 rings (SSSR count). The van der Waals surface area contributed by atoms with Gasteiger partial charge in [-0.3, -0.25) is 14.4 Å². The van der Waals surface area contributed by atoms with Gasteiger partial charge >= 0.3 is 0 Å². The standard InChI is InChI=1S/C30H34FN3O5/c1-18-27(29(2,3)31)24(12-15-35)39-30(18)22-16-21(33-14-11-26(33)37)8-9-23(22)34(28(30)38)17-19-4-6-20(7-5-19)32-13-10-25(32)36/h4-9,16,18,24,27,35H,10-15,17H2,1-3H3/t18-,24+,27-,30+/m0/s1. The van der Waals surface area contributed by atoms with E-state index in [1.165, 1.54) is 13.8 Å². The maximum Gasteiger partial charge on any atom is 0.264 e. The van der Waals surface area contributed by atoms with Gasteiger partial charge in [0.15, 0.2) is 5.60 Å². The van der Waals surface area contributed by atoms with Crippen LogP contribution in [-0.4, -0.2) is 54.3 Å². The highest BCUT2D eigenvalue weighted by atomic mass is 19.1. The number of carbonyl (C=O) groups is 3. The van der Waals surface area contributed by atoms with Gasteiger partial charge in [-0.25, -0.2) is 4.39 Å². The van der Waals surface area contributed by atoms with E-state index >= 15 is 4.39 Å². The Kier molecular flexibility index (Phi) is 6.07. The number of rotatable bonds is 7. The van der Waals surface area contributed by atoms with Gasteiger partial charge in [0.25, 0.3) is 5.91 Å². The Bertz CT molecular complexity index is 1340. The molecule has 3 saturated heterocycles. The summed E-state index contributed by atoms with van der Waals surface area (Å²) in [6.07, 6.45) is 0.605. The first-order valence-corrected chi connectivity index (χ1v) is 13.7. The van der Waals surface area contributed by atoms with E-state index < -0.39 is 29.2 Å². The molecule has 1 spiro atoms. The van der Waals surface area contributed by atoms with Gasteiger partial charge in [0.2, 0.25) is 11.8 Å². The molecule has 9 heteroatoms. The van der Waals surface area contributed by atoms with E-state index in [-0.39, 0.29) is 37.3 Å². The second-order valence-corrected chi connectivity index (χ2v) is 11.6. The highest BCUT2D eigenvalue weighted by molar-refractivity contribution is 6.09. The molecule has 4 atom stereocenters. The number of amides is 3. The minimum atomic E-state index is -1.65. The van der Waals surface area contributed by atoms with Crippen molar-refractivity contribution >= 4 is 34.8 Å². The third-order valence-electron chi connectivity index (χ3n) is 8.96. The maximum atomic E-state index is 15.6. The molecule has 4 heterocycles. The Morgan fingerprint density at radius 2 is 1.62 bits per heavy atom. The number of aliphatic hydroxyl groups excluding tert-OH is 1. The first-order chi connectivity index (χ1) is 18.6. The minimum absolute atomic E-state index is 0.0206. The number of halogens is 1. The molecule has 8 nitrogen and oxygen atoms in total. The fraction of sp³-hybridized carbons (Fsp3) is 0.500. The van der Waals surface area contributed by atoms with Crippen LogP contribution < -0.4 is 14.7 Å². The molecule has 39 heavy (non-hydrogen) atoms. The number of fused-ring (bicyclic) bond motifs is 2. The van der Waals surface area contributed by atoms with Gasteiger partial charge in [-0.05, 0) is 56.2 Å². The third kappa shape index (κ3) is 3.89. The Labute approximate surface area is 227 Å². The molecule has 3 amide bonds. The van der Waals surface area contributed by atoms with E-state index in [4.69, 9.17) is 4.74 Å². The fourth-order valence-corrected chi connectivity index (χ4v) is 6.90. The lowest BCUT2D eigenvalue weighted by Gasteiger charge is -2.33. The summed E-state index contributed by atoms with van der Waals surface area (Å²) < 4.78 is 22.2. The van der Waals surface area contributed by atoms with Crippen molar-refractivity contribution in [1.29, 1.82) is 0 Å². The van der Waals surface area contributed by atoms with Crippen molar-refractivity contribution in [1.82, 2.24) is 0 Å². The van der Waals surface area contributed by atoms with Gasteiger partial charge < -0.3 is 24.5 Å². The minimum Gasteiger partial charge on any atom is -0.396 e. The molecule has 0 bridgehead atoms. The summed E-state index contributed by atoms with van der Waals surface area (Å²) in [4.78, 5) is 43.6. The lowest BCUT2D eigenvalue weighted by molar-refractivity contribution is -0.146. The van der Waals surface area contributed by atoms with Crippen molar-refractivity contribution in [3.63, 3.8) is 0 Å². The van der Waals surface area contributed by atoms with Crippen LogP contribution in [0, 0.1) is 11.8 Å². The first kappa shape index (κ1) is 26.0. The van der Waals surface area contributed by atoms with Crippen molar-refractivity contribution < 1.29 is 28.6 Å². The van der Waals surface area contributed by atoms with Crippen LogP contribution in [0.2, 0.25) is 0 Å². The normalized spacial score (nSPS) is 28.3. The molecule has 0 aliphatic carbocycles. The molecule has 206 valence electrons. The number of hydrogen-bond acceptors (Lipinski definition) is 5. The molecule has 2 aromatic carbocycles. The highest BCUT2D eigenvalue weighted by Gasteiger charge is 2.66. The van der Waals surface area contributed by atoms with E-state index in [1.54, 1.807) is 14.7 Å². The number of carbonyl (C=O) groups excluding carboxylic acids is 3. The van der Waals surface area contributed by atoms with Crippen molar-refractivity contribution in [3.05, 3.63) is 53.6 Å². The zero-order valence-electron chi connectivity index (χ0n) is 22.5. The van der Waals surface area contributed by atoms with Crippen molar-refractivity contribution in [2.45, 2.75) is 64.0 Å². The topological polar surface area (TPSA) is 90.4 Å². The summed E-state index contributed by atoms with van der Waals surface area (Å²) in [6, 6.07) is 13.1. The number of ether oxygens (including phenoxy) is 1. The Morgan fingerprint density at radius 1 is 1.00 bits per heavy atom. The maximum absolute atomic E-state index is 15.6. The molecule has 0 radical (unpaired) electrons. The van der Waals surface area contributed by atoms with Crippen LogP contribution in [-0.2, 0) is 31.3 Å². The highest BCUT2D eigenvalue weighted by Crippen LogP contribution is 2.59. The fourth-order valence-electron chi connectivity index (χ4n) is 6.90. The lowest BCUT2D eigenvalue weighted by atomic mass is 9.71. The summed E-state index contributed by atoms with van der Waals surface area (Å²) >= 11 is 0. The Morgan fingerprint density at radius 3 is 2.15 bits per heavy atom.